The summed E-state index contributed by atoms with van der Waals surface area (Å²) in [6, 6.07) is 6.86. The number of rotatable bonds is 3. The largest absolute Gasteiger partial charge is 0.478 e. The number of fused-ring (bicyclic) bond motifs is 1. The molecule has 1 N–H and O–H groups in total. The minimum atomic E-state index is -0.976. The standard InChI is InChI=1S/C14H9BrClNO4/c15-10-4-8(16)6-17-13(10)20-9-2-1-7-3-12(14(18)19)21-11(7)5-9/h1-2,4-6,12H,3H2,(H,18,19). The van der Waals surface area contributed by atoms with E-state index in [9.17, 15) is 4.79 Å². The van der Waals surface area contributed by atoms with Gasteiger partial charge in [-0.25, -0.2) is 9.78 Å². The molecule has 1 atom stereocenters. The molecule has 7 heteroatoms. The molecule has 2 aromatic rings. The number of halogens is 2. The summed E-state index contributed by atoms with van der Waals surface area (Å²) in [5, 5.41) is 9.46. The fourth-order valence-corrected chi connectivity index (χ4v) is 2.72. The molecule has 1 aliphatic rings. The predicted molar refractivity (Wildman–Crippen MR) is 79.2 cm³/mol. The number of carboxylic acids is 1. The summed E-state index contributed by atoms with van der Waals surface area (Å²) in [6.45, 7) is 0. The van der Waals surface area contributed by atoms with Crippen LogP contribution in [0.4, 0.5) is 0 Å². The van der Waals surface area contributed by atoms with Crippen LogP contribution in [0.3, 0.4) is 0 Å². The van der Waals surface area contributed by atoms with Crippen LogP contribution in [-0.4, -0.2) is 22.2 Å². The Morgan fingerprint density at radius 3 is 3.00 bits per heavy atom. The Morgan fingerprint density at radius 1 is 1.48 bits per heavy atom. The van der Waals surface area contributed by atoms with E-state index in [1.54, 1.807) is 24.3 Å². The molecule has 108 valence electrons. The molecule has 1 aromatic heterocycles. The fraction of sp³-hybridized carbons (Fsp3) is 0.143. The first-order chi connectivity index (χ1) is 10.0. The van der Waals surface area contributed by atoms with Crippen molar-refractivity contribution in [2.45, 2.75) is 12.5 Å². The third-order valence-corrected chi connectivity index (χ3v) is 3.75. The van der Waals surface area contributed by atoms with E-state index in [2.05, 4.69) is 20.9 Å². The van der Waals surface area contributed by atoms with Crippen molar-refractivity contribution in [1.82, 2.24) is 4.98 Å². The zero-order valence-corrected chi connectivity index (χ0v) is 12.9. The maximum absolute atomic E-state index is 10.9. The molecule has 0 spiro atoms. The quantitative estimate of drug-likeness (QED) is 0.892. The zero-order chi connectivity index (χ0) is 15.0. The van der Waals surface area contributed by atoms with Crippen molar-refractivity contribution >= 4 is 33.5 Å². The number of carboxylic acid groups (broad SMARTS) is 1. The van der Waals surface area contributed by atoms with Gasteiger partial charge in [-0.3, -0.25) is 0 Å². The molecule has 2 heterocycles. The van der Waals surface area contributed by atoms with Gasteiger partial charge in [0, 0.05) is 18.7 Å². The van der Waals surface area contributed by atoms with Crippen LogP contribution in [0.5, 0.6) is 17.4 Å². The molecule has 3 rings (SSSR count). The summed E-state index contributed by atoms with van der Waals surface area (Å²) >= 11 is 9.13. The van der Waals surface area contributed by atoms with E-state index in [1.807, 2.05) is 0 Å². The van der Waals surface area contributed by atoms with Crippen LogP contribution >= 0.6 is 27.5 Å². The summed E-state index contributed by atoms with van der Waals surface area (Å²) in [6.07, 6.45) is 0.996. The highest BCUT2D eigenvalue weighted by atomic mass is 79.9. The van der Waals surface area contributed by atoms with Crippen LogP contribution in [0.1, 0.15) is 5.56 Å². The van der Waals surface area contributed by atoms with Gasteiger partial charge in [0.2, 0.25) is 5.88 Å². The first-order valence-electron chi connectivity index (χ1n) is 6.04. The average Bonchev–Trinajstić information content (AvgIpc) is 2.85. The van der Waals surface area contributed by atoms with Crippen LogP contribution < -0.4 is 9.47 Å². The summed E-state index contributed by atoms with van der Waals surface area (Å²) in [5.74, 6) is 0.420. The molecule has 1 aromatic carbocycles. The Balaban J connectivity index is 1.83. The van der Waals surface area contributed by atoms with Gasteiger partial charge in [0.05, 0.1) is 9.50 Å². The number of aromatic nitrogens is 1. The topological polar surface area (TPSA) is 68.7 Å². The molecule has 1 unspecified atom stereocenters. The SMILES string of the molecule is O=C(O)C1Cc2ccc(Oc3ncc(Cl)cc3Br)cc2O1. The minimum absolute atomic E-state index is 0.355. The number of aliphatic carboxylic acids is 1. The normalized spacial score (nSPS) is 16.2. The van der Waals surface area contributed by atoms with Gasteiger partial charge in [-0.15, -0.1) is 0 Å². The molecule has 0 fully saturated rings. The Hall–Kier alpha value is -1.79. The monoisotopic (exact) mass is 369 g/mol. The van der Waals surface area contributed by atoms with Crippen molar-refractivity contribution in [3.63, 3.8) is 0 Å². The lowest BCUT2D eigenvalue weighted by Crippen LogP contribution is -2.24. The fourth-order valence-electron chi connectivity index (χ4n) is 2.00. The maximum Gasteiger partial charge on any atom is 0.345 e. The van der Waals surface area contributed by atoms with E-state index in [0.29, 0.717) is 33.3 Å². The lowest BCUT2D eigenvalue weighted by atomic mass is 10.1. The average molecular weight is 371 g/mol. The van der Waals surface area contributed by atoms with Crippen molar-refractivity contribution in [3.8, 4) is 17.4 Å². The minimum Gasteiger partial charge on any atom is -0.478 e. The molecule has 0 radical (unpaired) electrons. The molecule has 0 saturated carbocycles. The Morgan fingerprint density at radius 2 is 2.29 bits per heavy atom. The van der Waals surface area contributed by atoms with Crippen LogP contribution in [0, 0.1) is 0 Å². The van der Waals surface area contributed by atoms with Crippen LogP contribution in [0.2, 0.25) is 5.02 Å². The van der Waals surface area contributed by atoms with Gasteiger partial charge in [-0.1, -0.05) is 17.7 Å². The Kier molecular flexibility index (Phi) is 3.73. The molecule has 5 nitrogen and oxygen atoms in total. The summed E-state index contributed by atoms with van der Waals surface area (Å²) in [4.78, 5) is 15.0. The van der Waals surface area contributed by atoms with Crippen LogP contribution in [0.25, 0.3) is 0 Å². The third-order valence-electron chi connectivity index (χ3n) is 2.98. The van der Waals surface area contributed by atoms with E-state index in [0.717, 1.165) is 5.56 Å². The molecule has 1 aliphatic heterocycles. The number of nitrogens with zero attached hydrogens (tertiary/aromatic N) is 1. The molecule has 0 bridgehead atoms. The highest BCUT2D eigenvalue weighted by molar-refractivity contribution is 9.10. The van der Waals surface area contributed by atoms with Gasteiger partial charge in [0.1, 0.15) is 11.5 Å². The van der Waals surface area contributed by atoms with Gasteiger partial charge in [-0.05, 0) is 33.6 Å². The lowest BCUT2D eigenvalue weighted by Gasteiger charge is -2.08. The first-order valence-corrected chi connectivity index (χ1v) is 7.21. The van der Waals surface area contributed by atoms with Gasteiger partial charge < -0.3 is 14.6 Å². The van der Waals surface area contributed by atoms with E-state index in [1.165, 1.54) is 6.20 Å². The Labute approximate surface area is 133 Å². The molecule has 21 heavy (non-hydrogen) atoms. The number of benzene rings is 1. The van der Waals surface area contributed by atoms with Gasteiger partial charge in [0.25, 0.3) is 0 Å². The second kappa shape index (κ2) is 5.54. The highest BCUT2D eigenvalue weighted by Gasteiger charge is 2.29. The maximum atomic E-state index is 10.9. The number of carbonyl (C=O) groups is 1. The number of hydrogen-bond donors (Lipinski definition) is 1. The van der Waals surface area contributed by atoms with E-state index >= 15 is 0 Å². The number of ether oxygens (including phenoxy) is 2. The molecule has 0 amide bonds. The number of pyridine rings is 1. The molecular formula is C14H9BrClNO4. The van der Waals surface area contributed by atoms with Crippen molar-refractivity contribution in [3.05, 3.63) is 45.5 Å². The van der Waals surface area contributed by atoms with E-state index in [-0.39, 0.29) is 0 Å². The van der Waals surface area contributed by atoms with Crippen LogP contribution in [0.15, 0.2) is 34.9 Å². The zero-order valence-electron chi connectivity index (χ0n) is 10.5. The summed E-state index contributed by atoms with van der Waals surface area (Å²) in [7, 11) is 0. The lowest BCUT2D eigenvalue weighted by molar-refractivity contribution is -0.144. The van der Waals surface area contributed by atoms with Gasteiger partial charge in [-0.2, -0.15) is 0 Å². The first kappa shape index (κ1) is 14.2. The summed E-state index contributed by atoms with van der Waals surface area (Å²) < 4.78 is 11.6. The van der Waals surface area contributed by atoms with Crippen molar-refractivity contribution < 1.29 is 19.4 Å². The van der Waals surface area contributed by atoms with Crippen molar-refractivity contribution in [2.24, 2.45) is 0 Å². The van der Waals surface area contributed by atoms with Crippen LogP contribution in [-0.2, 0) is 11.2 Å². The second-order valence-corrected chi connectivity index (χ2v) is 5.75. The van der Waals surface area contributed by atoms with Gasteiger partial charge >= 0.3 is 5.97 Å². The third kappa shape index (κ3) is 2.96. The molecule has 0 saturated heterocycles. The van der Waals surface area contributed by atoms with Gasteiger partial charge in [0.15, 0.2) is 6.10 Å². The highest BCUT2D eigenvalue weighted by Crippen LogP contribution is 2.35. The van der Waals surface area contributed by atoms with E-state index < -0.39 is 12.1 Å². The summed E-state index contributed by atoms with van der Waals surface area (Å²) in [5.41, 5.74) is 0.845. The number of hydrogen-bond acceptors (Lipinski definition) is 4. The predicted octanol–water partition coefficient (Wildman–Crippen LogP) is 3.68. The van der Waals surface area contributed by atoms with Crippen molar-refractivity contribution in [1.29, 1.82) is 0 Å². The second-order valence-electron chi connectivity index (χ2n) is 4.46. The van der Waals surface area contributed by atoms with E-state index in [4.69, 9.17) is 26.2 Å². The molecular weight excluding hydrogens is 362 g/mol. The molecule has 0 aliphatic carbocycles. The smallest absolute Gasteiger partial charge is 0.345 e. The van der Waals surface area contributed by atoms with Crippen molar-refractivity contribution in [2.75, 3.05) is 0 Å². The Bertz CT molecular complexity index is 722.